The fourth-order valence-electron chi connectivity index (χ4n) is 4.82. The number of nitrogens with two attached hydrogens (primary N) is 1. The van der Waals surface area contributed by atoms with Crippen LogP contribution in [0.25, 0.3) is 5.52 Å². The summed E-state index contributed by atoms with van der Waals surface area (Å²) < 4.78 is 1.51. The van der Waals surface area contributed by atoms with Crippen molar-refractivity contribution in [2.24, 2.45) is 0 Å². The molecule has 0 bridgehead atoms. The van der Waals surface area contributed by atoms with Crippen LogP contribution in [0.3, 0.4) is 0 Å². The molecule has 0 radical (unpaired) electrons. The highest BCUT2D eigenvalue weighted by Gasteiger charge is 2.37. The minimum atomic E-state index is -0.603. The van der Waals surface area contributed by atoms with Gasteiger partial charge in [0.2, 0.25) is 0 Å². The fraction of sp³-hybridized carbons (Fsp3) is 0.214. The number of amides is 1. The Morgan fingerprint density at radius 2 is 1.83 bits per heavy atom. The lowest BCUT2D eigenvalue weighted by Gasteiger charge is -2.37. The number of carbonyl (C=O) groups is 1. The summed E-state index contributed by atoms with van der Waals surface area (Å²) in [5.74, 6) is -0.505. The molecule has 4 heterocycles. The predicted octanol–water partition coefficient (Wildman–Crippen LogP) is 3.59. The number of likely N-dealkylation sites (tertiary alicyclic amines) is 1. The Hall–Kier alpha value is -4.48. The van der Waals surface area contributed by atoms with Gasteiger partial charge in [0.1, 0.15) is 11.0 Å². The van der Waals surface area contributed by atoms with E-state index in [4.69, 9.17) is 5.73 Å². The average molecular weight is 479 g/mol. The maximum absolute atomic E-state index is 13.2. The number of pyridine rings is 3. The van der Waals surface area contributed by atoms with E-state index in [1.165, 1.54) is 4.40 Å². The zero-order valence-electron chi connectivity index (χ0n) is 19.7. The van der Waals surface area contributed by atoms with Gasteiger partial charge in [0, 0.05) is 32.0 Å². The molecule has 1 saturated heterocycles. The third kappa shape index (κ3) is 4.32. The number of nitrogen functional groups attached to an aromatic ring is 1. The summed E-state index contributed by atoms with van der Waals surface area (Å²) in [7, 11) is 0. The van der Waals surface area contributed by atoms with Gasteiger partial charge in [-0.25, -0.2) is 0 Å². The second-order valence-electron chi connectivity index (χ2n) is 9.07. The molecule has 1 aliphatic rings. The molecule has 0 unspecified atom stereocenters. The second kappa shape index (κ2) is 9.64. The largest absolute Gasteiger partial charge is 0.397 e. The van der Waals surface area contributed by atoms with E-state index in [-0.39, 0.29) is 5.56 Å². The van der Waals surface area contributed by atoms with Gasteiger partial charge in [-0.1, -0.05) is 24.3 Å². The molecule has 4 aromatic rings. The number of rotatable bonds is 5. The molecule has 0 spiro atoms. The monoisotopic (exact) mass is 478 g/mol. The lowest BCUT2D eigenvalue weighted by atomic mass is 9.76. The molecule has 8 heteroatoms. The number of anilines is 2. The number of para-hydroxylation sites is 2. The Kier molecular flexibility index (Phi) is 6.23. The Morgan fingerprint density at radius 3 is 2.56 bits per heavy atom. The van der Waals surface area contributed by atoms with Gasteiger partial charge in [-0.15, -0.1) is 0 Å². The van der Waals surface area contributed by atoms with E-state index in [0.29, 0.717) is 43.9 Å². The maximum atomic E-state index is 13.2. The molecular formula is C28H26N6O2. The molecular weight excluding hydrogens is 452 g/mol. The van der Waals surface area contributed by atoms with Crippen molar-refractivity contribution in [3.63, 3.8) is 0 Å². The summed E-state index contributed by atoms with van der Waals surface area (Å²) in [4.78, 5) is 33.0. The lowest BCUT2D eigenvalue weighted by molar-refractivity contribution is 0.102. The van der Waals surface area contributed by atoms with Gasteiger partial charge in [-0.2, -0.15) is 5.26 Å². The van der Waals surface area contributed by atoms with Crippen LogP contribution >= 0.6 is 0 Å². The molecule has 1 fully saturated rings. The smallest absolute Gasteiger partial charge is 0.267 e. The number of carbonyl (C=O) groups excluding carboxylic acids is 1. The Labute approximate surface area is 208 Å². The van der Waals surface area contributed by atoms with Crippen LogP contribution in [-0.2, 0) is 12.0 Å². The van der Waals surface area contributed by atoms with E-state index in [2.05, 4.69) is 21.3 Å². The molecule has 1 aliphatic heterocycles. The first kappa shape index (κ1) is 23.3. The van der Waals surface area contributed by atoms with Crippen molar-refractivity contribution in [2.75, 3.05) is 24.1 Å². The first-order valence-corrected chi connectivity index (χ1v) is 11.8. The average Bonchev–Trinajstić information content (AvgIpc) is 2.92. The van der Waals surface area contributed by atoms with Crippen LogP contribution < -0.4 is 16.6 Å². The van der Waals surface area contributed by atoms with Crippen LogP contribution in [0.1, 0.15) is 34.5 Å². The third-order valence-electron chi connectivity index (χ3n) is 6.88. The highest BCUT2D eigenvalue weighted by atomic mass is 16.2. The third-order valence-corrected chi connectivity index (χ3v) is 6.88. The summed E-state index contributed by atoms with van der Waals surface area (Å²) in [5, 5.41) is 12.7. The molecule has 36 heavy (non-hydrogen) atoms. The van der Waals surface area contributed by atoms with Gasteiger partial charge in [-0.3, -0.25) is 23.9 Å². The predicted molar refractivity (Wildman–Crippen MR) is 139 cm³/mol. The number of nitriles is 1. The highest BCUT2D eigenvalue weighted by Crippen LogP contribution is 2.34. The Morgan fingerprint density at radius 1 is 1.08 bits per heavy atom. The van der Waals surface area contributed by atoms with Crippen molar-refractivity contribution in [1.82, 2.24) is 14.3 Å². The number of nitrogens with zero attached hydrogens (tertiary/aromatic N) is 4. The number of aromatic nitrogens is 2. The molecule has 3 aromatic heterocycles. The number of hydrogen-bond acceptors (Lipinski definition) is 6. The van der Waals surface area contributed by atoms with Crippen LogP contribution in [0.5, 0.6) is 0 Å². The number of fused-ring (bicyclic) bond motifs is 1. The molecule has 0 atom stereocenters. The standard InChI is InChI=1S/C28H26N6O2/c29-19-28(25-10-3-5-13-31-25)11-15-33(16-12-28)18-20-17-21(27(36)34-14-6-4-9-24(20)34)26(35)32-23-8-2-1-7-22(23)30/h1-10,13-14,17H,11-12,15-16,18,30H2,(H,32,35). The van der Waals surface area contributed by atoms with Crippen molar-refractivity contribution in [1.29, 1.82) is 5.26 Å². The van der Waals surface area contributed by atoms with E-state index in [1.807, 2.05) is 30.3 Å². The summed E-state index contributed by atoms with van der Waals surface area (Å²) >= 11 is 0. The number of nitrogens with one attached hydrogen (secondary N) is 1. The highest BCUT2D eigenvalue weighted by molar-refractivity contribution is 6.05. The lowest BCUT2D eigenvalue weighted by Crippen LogP contribution is -2.42. The summed E-state index contributed by atoms with van der Waals surface area (Å²) in [6, 6.07) is 22.3. The van der Waals surface area contributed by atoms with Gasteiger partial charge in [0.15, 0.2) is 0 Å². The van der Waals surface area contributed by atoms with E-state index in [1.54, 1.807) is 48.8 Å². The Balaban J connectivity index is 1.42. The maximum Gasteiger partial charge on any atom is 0.267 e. The summed E-state index contributed by atoms with van der Waals surface area (Å²) in [6.07, 6.45) is 4.72. The van der Waals surface area contributed by atoms with E-state index >= 15 is 0 Å². The topological polar surface area (TPSA) is 117 Å². The summed E-state index contributed by atoms with van der Waals surface area (Å²) in [5.41, 5.74) is 8.34. The molecule has 0 saturated carbocycles. The van der Waals surface area contributed by atoms with Gasteiger partial charge < -0.3 is 11.1 Å². The van der Waals surface area contributed by atoms with Crippen LogP contribution in [0, 0.1) is 11.3 Å². The van der Waals surface area contributed by atoms with Crippen LogP contribution in [0.4, 0.5) is 11.4 Å². The van der Waals surface area contributed by atoms with Gasteiger partial charge in [0.25, 0.3) is 11.5 Å². The molecule has 5 rings (SSSR count). The molecule has 180 valence electrons. The minimum Gasteiger partial charge on any atom is -0.397 e. The minimum absolute atomic E-state index is 0.0498. The second-order valence-corrected chi connectivity index (χ2v) is 9.07. The van der Waals surface area contributed by atoms with Gasteiger partial charge in [0.05, 0.1) is 28.7 Å². The van der Waals surface area contributed by atoms with Crippen molar-refractivity contribution in [2.45, 2.75) is 24.8 Å². The number of piperidine rings is 1. The van der Waals surface area contributed by atoms with Crippen molar-refractivity contribution >= 4 is 22.8 Å². The summed E-state index contributed by atoms with van der Waals surface area (Å²) in [6.45, 7) is 1.94. The Bertz CT molecular complexity index is 1510. The zero-order valence-corrected chi connectivity index (χ0v) is 19.7. The van der Waals surface area contributed by atoms with E-state index in [0.717, 1.165) is 16.8 Å². The quantitative estimate of drug-likeness (QED) is 0.424. The van der Waals surface area contributed by atoms with Gasteiger partial charge in [-0.05, 0) is 60.9 Å². The number of benzene rings is 1. The SMILES string of the molecule is N#CC1(c2ccccn2)CCN(Cc2cc(C(=O)Nc3ccccc3N)c(=O)n3ccccc23)CC1. The normalized spacial score (nSPS) is 15.3. The van der Waals surface area contributed by atoms with Crippen LogP contribution in [0.2, 0.25) is 0 Å². The first-order chi connectivity index (χ1) is 17.5. The van der Waals surface area contributed by atoms with Gasteiger partial charge >= 0.3 is 0 Å². The van der Waals surface area contributed by atoms with Crippen LogP contribution in [0.15, 0.2) is 83.9 Å². The number of hydrogen-bond donors (Lipinski definition) is 2. The van der Waals surface area contributed by atoms with Crippen molar-refractivity contribution < 1.29 is 4.79 Å². The van der Waals surface area contributed by atoms with E-state index in [9.17, 15) is 14.9 Å². The van der Waals surface area contributed by atoms with Crippen LogP contribution in [-0.4, -0.2) is 33.3 Å². The van der Waals surface area contributed by atoms with Crippen molar-refractivity contribution in [3.05, 3.63) is 106 Å². The molecule has 0 aliphatic carbocycles. The first-order valence-electron chi connectivity index (χ1n) is 11.8. The molecule has 1 aromatic carbocycles. The molecule has 3 N–H and O–H groups in total. The zero-order chi connectivity index (χ0) is 25.1. The molecule has 1 amide bonds. The van der Waals surface area contributed by atoms with E-state index < -0.39 is 16.9 Å². The molecule has 8 nitrogen and oxygen atoms in total. The fourth-order valence-corrected chi connectivity index (χ4v) is 4.82. The van der Waals surface area contributed by atoms with Crippen molar-refractivity contribution in [3.8, 4) is 6.07 Å².